The first-order valence-electron chi connectivity index (χ1n) is 5.68. The van der Waals surface area contributed by atoms with Gasteiger partial charge in [-0.1, -0.05) is 26.8 Å². The number of hydrogen-bond acceptors (Lipinski definition) is 2. The quantitative estimate of drug-likeness (QED) is 0.586. The summed E-state index contributed by atoms with van der Waals surface area (Å²) in [6.07, 6.45) is 3.73. The molecule has 2 atom stereocenters. The summed E-state index contributed by atoms with van der Waals surface area (Å²) in [4.78, 5) is 15.5. The molecular formula is C13H17NO2. The topological polar surface area (TPSA) is 30.7 Å². The van der Waals surface area contributed by atoms with E-state index < -0.39 is 5.41 Å². The Balaban J connectivity index is 2.53. The van der Waals surface area contributed by atoms with E-state index in [0.717, 1.165) is 19.4 Å². The van der Waals surface area contributed by atoms with E-state index in [1.54, 1.807) is 0 Å². The Bertz CT molecular complexity index is 403. The van der Waals surface area contributed by atoms with E-state index in [0.29, 0.717) is 0 Å². The molecule has 1 aliphatic carbocycles. The number of ether oxygens (including phenoxy) is 1. The molecule has 3 nitrogen and oxygen atoms in total. The molecule has 0 aromatic carbocycles. The number of Topliss-reactive ketones (excluding diaryl/α,β-unsaturated/α-hetero) is 1. The molecular weight excluding hydrogens is 202 g/mol. The normalized spacial score (nSPS) is 37.2. The van der Waals surface area contributed by atoms with Gasteiger partial charge in [-0.3, -0.25) is 0 Å². The van der Waals surface area contributed by atoms with Gasteiger partial charge >= 0.3 is 0 Å². The monoisotopic (exact) mass is 219 g/mol. The second-order valence-corrected chi connectivity index (χ2v) is 5.55. The molecule has 0 unspecified atom stereocenters. The van der Waals surface area contributed by atoms with Crippen LogP contribution in [0.25, 0.3) is 4.85 Å². The van der Waals surface area contributed by atoms with Gasteiger partial charge < -0.3 is 9.53 Å². The molecule has 3 heteroatoms. The van der Waals surface area contributed by atoms with E-state index in [-0.39, 0.29) is 23.0 Å². The van der Waals surface area contributed by atoms with Crippen LogP contribution in [0.2, 0.25) is 0 Å². The predicted octanol–water partition coefficient (Wildman–Crippen LogP) is 2.58. The van der Waals surface area contributed by atoms with Crippen LogP contribution in [0.4, 0.5) is 0 Å². The number of fused-ring (bicyclic) bond motifs is 1. The van der Waals surface area contributed by atoms with Crippen LogP contribution in [0.5, 0.6) is 0 Å². The number of carbonyl (C=O) groups is 1. The summed E-state index contributed by atoms with van der Waals surface area (Å²) in [6.45, 7) is 13.7. The van der Waals surface area contributed by atoms with Crippen molar-refractivity contribution in [3.8, 4) is 0 Å². The molecule has 1 aliphatic heterocycles. The Morgan fingerprint density at radius 3 is 2.81 bits per heavy atom. The molecule has 1 saturated heterocycles. The van der Waals surface area contributed by atoms with Gasteiger partial charge in [-0.15, -0.1) is 0 Å². The van der Waals surface area contributed by atoms with Crippen LogP contribution in [0.15, 0.2) is 11.8 Å². The van der Waals surface area contributed by atoms with E-state index in [1.165, 1.54) is 0 Å². The average molecular weight is 219 g/mol. The lowest BCUT2D eigenvalue weighted by molar-refractivity contribution is -0.152. The van der Waals surface area contributed by atoms with Gasteiger partial charge in [-0.25, -0.2) is 4.85 Å². The van der Waals surface area contributed by atoms with Crippen LogP contribution in [0.1, 0.15) is 33.6 Å². The zero-order chi connectivity index (χ0) is 12.0. The van der Waals surface area contributed by atoms with Crippen molar-refractivity contribution < 1.29 is 9.53 Å². The van der Waals surface area contributed by atoms with Gasteiger partial charge in [0.1, 0.15) is 0 Å². The van der Waals surface area contributed by atoms with E-state index in [4.69, 9.17) is 11.3 Å². The number of hydrogen-bond donors (Lipinski definition) is 0. The molecule has 0 amide bonds. The maximum atomic E-state index is 12.1. The third-order valence-corrected chi connectivity index (χ3v) is 3.80. The fourth-order valence-corrected chi connectivity index (χ4v) is 3.07. The summed E-state index contributed by atoms with van der Waals surface area (Å²) in [5, 5.41) is 0. The lowest BCUT2D eigenvalue weighted by atomic mass is 9.61. The molecule has 0 radical (unpaired) electrons. The van der Waals surface area contributed by atoms with Crippen LogP contribution >= 0.6 is 0 Å². The highest BCUT2D eigenvalue weighted by Crippen LogP contribution is 2.49. The number of rotatable bonds is 0. The predicted molar refractivity (Wildman–Crippen MR) is 60.6 cm³/mol. The second kappa shape index (κ2) is 3.43. The minimum atomic E-state index is -0.580. The van der Waals surface area contributed by atoms with Crippen LogP contribution in [0, 0.1) is 17.4 Å². The molecule has 16 heavy (non-hydrogen) atoms. The summed E-state index contributed by atoms with van der Waals surface area (Å²) in [5.41, 5.74) is -0.450. The molecule has 0 bridgehead atoms. The van der Waals surface area contributed by atoms with Crippen molar-refractivity contribution in [2.75, 3.05) is 6.61 Å². The van der Waals surface area contributed by atoms with Gasteiger partial charge in [0.15, 0.2) is 5.78 Å². The van der Waals surface area contributed by atoms with Crippen molar-refractivity contribution >= 4 is 5.78 Å². The first kappa shape index (κ1) is 11.3. The summed E-state index contributed by atoms with van der Waals surface area (Å²) in [6, 6.07) is 0. The molecule has 0 N–H and O–H groups in total. The van der Waals surface area contributed by atoms with Crippen molar-refractivity contribution in [2.24, 2.45) is 10.8 Å². The zero-order valence-corrected chi connectivity index (χ0v) is 10.0. The average Bonchev–Trinajstić information content (AvgIpc) is 2.24. The van der Waals surface area contributed by atoms with Crippen LogP contribution in [-0.4, -0.2) is 18.5 Å². The second-order valence-electron chi connectivity index (χ2n) is 5.55. The van der Waals surface area contributed by atoms with Crippen molar-refractivity contribution in [3.63, 3.8) is 0 Å². The van der Waals surface area contributed by atoms with Gasteiger partial charge in [0.2, 0.25) is 5.70 Å². The Labute approximate surface area is 96.3 Å². The van der Waals surface area contributed by atoms with E-state index in [2.05, 4.69) is 11.8 Å². The Morgan fingerprint density at radius 2 is 2.19 bits per heavy atom. The molecule has 1 heterocycles. The summed E-state index contributed by atoms with van der Waals surface area (Å²) < 4.78 is 5.80. The van der Waals surface area contributed by atoms with Gasteiger partial charge in [0.05, 0.1) is 12.7 Å². The Morgan fingerprint density at radius 1 is 1.50 bits per heavy atom. The van der Waals surface area contributed by atoms with Gasteiger partial charge in [-0.05, 0) is 12.8 Å². The van der Waals surface area contributed by atoms with Crippen molar-refractivity contribution in [1.29, 1.82) is 0 Å². The minimum absolute atomic E-state index is 0.0770. The van der Waals surface area contributed by atoms with Gasteiger partial charge in [0, 0.05) is 17.4 Å². The third-order valence-electron chi connectivity index (χ3n) is 3.80. The largest absolute Gasteiger partial charge is 0.376 e. The highest BCUT2D eigenvalue weighted by Gasteiger charge is 2.53. The van der Waals surface area contributed by atoms with E-state index in [1.807, 2.05) is 19.9 Å². The van der Waals surface area contributed by atoms with Crippen molar-refractivity contribution in [1.82, 2.24) is 0 Å². The van der Waals surface area contributed by atoms with Crippen LogP contribution in [0.3, 0.4) is 0 Å². The van der Waals surface area contributed by atoms with E-state index >= 15 is 0 Å². The van der Waals surface area contributed by atoms with Crippen LogP contribution < -0.4 is 0 Å². The molecule has 0 saturated carbocycles. The minimum Gasteiger partial charge on any atom is -0.376 e. The molecule has 0 aromatic heterocycles. The molecule has 0 aromatic rings. The fourth-order valence-electron chi connectivity index (χ4n) is 3.07. The molecule has 0 spiro atoms. The summed E-state index contributed by atoms with van der Waals surface area (Å²) >= 11 is 0. The highest BCUT2D eigenvalue weighted by molar-refractivity contribution is 6.02. The number of carbonyl (C=O) groups excluding carboxylic acids is 1. The highest BCUT2D eigenvalue weighted by atomic mass is 16.5. The summed E-state index contributed by atoms with van der Waals surface area (Å²) in [5.74, 6) is -0.0770. The summed E-state index contributed by atoms with van der Waals surface area (Å²) in [7, 11) is 0. The zero-order valence-electron chi connectivity index (χ0n) is 10.0. The lowest BCUT2D eigenvalue weighted by Crippen LogP contribution is -2.54. The Kier molecular flexibility index (Phi) is 2.43. The first-order valence-corrected chi connectivity index (χ1v) is 5.68. The maximum Gasteiger partial charge on any atom is 0.226 e. The third kappa shape index (κ3) is 1.41. The number of ketones is 1. The number of nitrogens with zero attached hydrogens (tertiary/aromatic N) is 1. The fraction of sp³-hybridized carbons (Fsp3) is 0.692. The smallest absolute Gasteiger partial charge is 0.226 e. The van der Waals surface area contributed by atoms with Gasteiger partial charge in [-0.2, -0.15) is 0 Å². The first-order chi connectivity index (χ1) is 7.42. The SMILES string of the molecule is [C-]#[N+]C1=C[C@]2(C)CCCO[C@@H]2C(C)(C)C1=O. The van der Waals surface area contributed by atoms with E-state index in [9.17, 15) is 4.79 Å². The van der Waals surface area contributed by atoms with Crippen molar-refractivity contribution in [2.45, 2.75) is 39.7 Å². The standard InChI is InChI=1S/C13H17NO2/c1-12(2)10(15)9(14-4)8-13(3)6-5-7-16-11(12)13/h8,11H,5-7H2,1-3H3/t11-,13+/m1/s1. The van der Waals surface area contributed by atoms with Gasteiger partial charge in [0.25, 0.3) is 0 Å². The van der Waals surface area contributed by atoms with Crippen molar-refractivity contribution in [3.05, 3.63) is 23.2 Å². The molecule has 86 valence electrons. The van der Waals surface area contributed by atoms with Crippen LogP contribution in [-0.2, 0) is 9.53 Å². The lowest BCUT2D eigenvalue weighted by Gasteiger charge is -2.49. The molecule has 2 aliphatic rings. The Hall–Kier alpha value is -1.14. The molecule has 1 fully saturated rings. The molecule has 2 rings (SSSR count). The maximum absolute atomic E-state index is 12.1. The number of allylic oxidation sites excluding steroid dienone is 1.